The van der Waals surface area contributed by atoms with E-state index in [1.165, 1.54) is 11.8 Å². The highest BCUT2D eigenvalue weighted by molar-refractivity contribution is 7.53. The molecule has 0 aromatic carbocycles. The van der Waals surface area contributed by atoms with Gasteiger partial charge in [-0.2, -0.15) is 0 Å². The first-order valence-electron chi connectivity index (χ1n) is 5.34. The van der Waals surface area contributed by atoms with Gasteiger partial charge in [0, 0.05) is 14.0 Å². The van der Waals surface area contributed by atoms with E-state index in [1.807, 2.05) is 0 Å². The number of hydrogen-bond acceptors (Lipinski definition) is 4. The van der Waals surface area contributed by atoms with E-state index in [1.54, 1.807) is 34.7 Å². The summed E-state index contributed by atoms with van der Waals surface area (Å²) < 4.78 is 22.9. The number of hydrogen-bond donors (Lipinski definition) is 0. The van der Waals surface area contributed by atoms with E-state index in [-0.39, 0.29) is 24.4 Å². The molecule has 16 heavy (non-hydrogen) atoms. The third-order valence-electron chi connectivity index (χ3n) is 1.67. The first-order chi connectivity index (χ1) is 7.16. The molecule has 0 bridgehead atoms. The molecule has 0 saturated heterocycles. The van der Waals surface area contributed by atoms with Gasteiger partial charge in [-0.1, -0.05) is 0 Å². The second-order valence-corrected chi connectivity index (χ2v) is 6.20. The van der Waals surface area contributed by atoms with Crippen LogP contribution in [0.3, 0.4) is 0 Å². The Morgan fingerprint density at radius 3 is 1.81 bits per heavy atom. The van der Waals surface area contributed by atoms with Gasteiger partial charge < -0.3 is 13.9 Å². The normalized spacial score (nSPS) is 12.2. The summed E-state index contributed by atoms with van der Waals surface area (Å²) in [5, 5.41) is 0. The van der Waals surface area contributed by atoms with Crippen LogP contribution in [0.4, 0.5) is 0 Å². The second-order valence-electron chi connectivity index (χ2n) is 4.28. The summed E-state index contributed by atoms with van der Waals surface area (Å²) in [4.78, 5) is 12.4. The largest absolute Gasteiger partial charge is 0.350 e. The van der Waals surface area contributed by atoms with E-state index in [4.69, 9.17) is 9.05 Å². The highest BCUT2D eigenvalue weighted by Gasteiger charge is 2.30. The van der Waals surface area contributed by atoms with Crippen LogP contribution >= 0.6 is 7.60 Å². The molecule has 0 saturated carbocycles. The molecule has 0 N–H and O–H groups in total. The summed E-state index contributed by atoms with van der Waals surface area (Å²) >= 11 is 0. The molecule has 0 aliphatic heterocycles. The molecule has 5 nitrogen and oxygen atoms in total. The molecule has 96 valence electrons. The zero-order valence-corrected chi connectivity index (χ0v) is 11.8. The van der Waals surface area contributed by atoms with Crippen LogP contribution in [0.25, 0.3) is 0 Å². The minimum Gasteiger partial charge on any atom is -0.334 e. The lowest BCUT2D eigenvalue weighted by molar-refractivity contribution is -0.127. The lowest BCUT2D eigenvalue weighted by Crippen LogP contribution is -2.27. The van der Waals surface area contributed by atoms with Crippen molar-refractivity contribution in [2.24, 2.45) is 0 Å². The number of carbonyl (C=O) groups is 1. The molecule has 0 atom stereocenters. The van der Waals surface area contributed by atoms with Crippen molar-refractivity contribution in [2.75, 3.05) is 13.3 Å². The SMILES string of the molecule is CC(=O)N(C)CP(=O)(OC(C)C)OC(C)C. The lowest BCUT2D eigenvalue weighted by Gasteiger charge is -2.26. The number of carbonyl (C=O) groups excluding carboxylic acids is 1. The van der Waals surface area contributed by atoms with Crippen LogP contribution in [0.5, 0.6) is 0 Å². The van der Waals surface area contributed by atoms with Crippen LogP contribution < -0.4 is 0 Å². The number of nitrogens with zero attached hydrogens (tertiary/aromatic N) is 1. The Labute approximate surface area is 97.6 Å². The van der Waals surface area contributed by atoms with Crippen molar-refractivity contribution in [2.45, 2.75) is 46.8 Å². The molecule has 0 unspecified atom stereocenters. The van der Waals surface area contributed by atoms with Crippen molar-refractivity contribution < 1.29 is 18.4 Å². The fourth-order valence-corrected chi connectivity index (χ4v) is 3.28. The molecule has 6 heteroatoms. The van der Waals surface area contributed by atoms with E-state index in [2.05, 4.69) is 0 Å². The zero-order valence-electron chi connectivity index (χ0n) is 10.9. The molecule has 0 aliphatic carbocycles. The quantitative estimate of drug-likeness (QED) is 0.680. The topological polar surface area (TPSA) is 55.8 Å². The number of rotatable bonds is 6. The van der Waals surface area contributed by atoms with E-state index in [9.17, 15) is 9.36 Å². The lowest BCUT2D eigenvalue weighted by atomic mass is 10.5. The third kappa shape index (κ3) is 6.26. The van der Waals surface area contributed by atoms with Crippen LogP contribution in [0.1, 0.15) is 34.6 Å². The second kappa shape index (κ2) is 6.38. The minimum absolute atomic E-state index is 0.0152. The van der Waals surface area contributed by atoms with Gasteiger partial charge in [-0.25, -0.2) is 0 Å². The van der Waals surface area contributed by atoms with E-state index < -0.39 is 7.60 Å². The van der Waals surface area contributed by atoms with Gasteiger partial charge in [0.25, 0.3) is 0 Å². The van der Waals surface area contributed by atoms with E-state index in [0.717, 1.165) is 0 Å². The molecule has 0 radical (unpaired) electrons. The molecule has 0 rings (SSSR count). The Morgan fingerprint density at radius 1 is 1.19 bits per heavy atom. The van der Waals surface area contributed by atoms with Crippen LogP contribution in [-0.4, -0.2) is 36.3 Å². The van der Waals surface area contributed by atoms with Crippen molar-refractivity contribution in [3.63, 3.8) is 0 Å². The molecule has 0 spiro atoms. The Morgan fingerprint density at radius 2 is 1.56 bits per heavy atom. The molecule has 0 fully saturated rings. The Hall–Kier alpha value is -0.380. The predicted octanol–water partition coefficient (Wildman–Crippen LogP) is 2.47. The maximum absolute atomic E-state index is 12.3. The van der Waals surface area contributed by atoms with Crippen molar-refractivity contribution in [1.29, 1.82) is 0 Å². The summed E-state index contributed by atoms with van der Waals surface area (Å²) in [5.74, 6) is -0.167. The molecular formula is C10H22NO4P. The molecule has 0 heterocycles. The van der Waals surface area contributed by atoms with Crippen molar-refractivity contribution in [1.82, 2.24) is 4.90 Å². The van der Waals surface area contributed by atoms with Gasteiger partial charge in [0.05, 0.1) is 12.2 Å². The summed E-state index contributed by atoms with van der Waals surface area (Å²) in [6.45, 7) is 8.54. The number of amides is 1. The Kier molecular flexibility index (Phi) is 6.23. The highest BCUT2D eigenvalue weighted by Crippen LogP contribution is 2.50. The summed E-state index contributed by atoms with van der Waals surface area (Å²) in [5.41, 5.74) is 0. The van der Waals surface area contributed by atoms with Gasteiger partial charge >= 0.3 is 7.60 Å². The maximum Gasteiger partial charge on any atom is 0.350 e. The van der Waals surface area contributed by atoms with Gasteiger partial charge in [0.15, 0.2) is 0 Å². The Balaban J connectivity index is 4.66. The van der Waals surface area contributed by atoms with Gasteiger partial charge in [-0.15, -0.1) is 0 Å². The minimum atomic E-state index is -3.24. The third-order valence-corrected chi connectivity index (χ3v) is 3.92. The maximum atomic E-state index is 12.3. The van der Waals surface area contributed by atoms with Crippen LogP contribution in [0.2, 0.25) is 0 Å². The smallest absolute Gasteiger partial charge is 0.334 e. The van der Waals surface area contributed by atoms with Crippen molar-refractivity contribution >= 4 is 13.5 Å². The predicted molar refractivity (Wildman–Crippen MR) is 63.4 cm³/mol. The fourth-order valence-electron chi connectivity index (χ4n) is 1.09. The van der Waals surface area contributed by atoms with E-state index >= 15 is 0 Å². The molecule has 1 amide bonds. The van der Waals surface area contributed by atoms with Crippen LogP contribution in [0.15, 0.2) is 0 Å². The van der Waals surface area contributed by atoms with Gasteiger partial charge in [0.1, 0.15) is 6.29 Å². The van der Waals surface area contributed by atoms with Crippen LogP contribution in [-0.2, 0) is 18.4 Å². The van der Waals surface area contributed by atoms with Gasteiger partial charge in [-0.05, 0) is 27.7 Å². The molecule has 0 aromatic heterocycles. The molecule has 0 aliphatic rings. The van der Waals surface area contributed by atoms with Crippen LogP contribution in [0, 0.1) is 0 Å². The summed E-state index contributed by atoms with van der Waals surface area (Å²) in [6.07, 6.45) is -0.423. The van der Waals surface area contributed by atoms with Gasteiger partial charge in [-0.3, -0.25) is 9.36 Å². The summed E-state index contributed by atoms with van der Waals surface area (Å²) in [7, 11) is -1.66. The molecular weight excluding hydrogens is 229 g/mol. The van der Waals surface area contributed by atoms with E-state index in [0.29, 0.717) is 0 Å². The first-order valence-corrected chi connectivity index (χ1v) is 7.06. The summed E-state index contributed by atoms with van der Waals surface area (Å²) in [6, 6.07) is 0. The Bertz CT molecular complexity index is 264. The average molecular weight is 251 g/mol. The highest BCUT2D eigenvalue weighted by atomic mass is 31.2. The zero-order chi connectivity index (χ0) is 12.9. The average Bonchev–Trinajstić information content (AvgIpc) is 1.98. The van der Waals surface area contributed by atoms with Gasteiger partial charge in [0.2, 0.25) is 5.91 Å². The standard InChI is InChI=1S/C10H22NO4P/c1-8(2)14-16(13,15-9(3)4)7-11(6)10(5)12/h8-9H,7H2,1-6H3. The monoisotopic (exact) mass is 251 g/mol. The fraction of sp³-hybridized carbons (Fsp3) is 0.900. The first kappa shape index (κ1) is 15.6. The molecule has 0 aromatic rings. The van der Waals surface area contributed by atoms with Crippen molar-refractivity contribution in [3.8, 4) is 0 Å². The van der Waals surface area contributed by atoms with Crippen molar-refractivity contribution in [3.05, 3.63) is 0 Å².